The summed E-state index contributed by atoms with van der Waals surface area (Å²) in [5.41, 5.74) is 3.13. The summed E-state index contributed by atoms with van der Waals surface area (Å²) in [6.07, 6.45) is 1.48. The number of methoxy groups -OCH3 is 2. The van der Waals surface area contributed by atoms with Gasteiger partial charge in [-0.25, -0.2) is 5.43 Å². The molecule has 0 radical (unpaired) electrons. The van der Waals surface area contributed by atoms with E-state index in [1.54, 1.807) is 37.4 Å². The molecule has 0 saturated carbocycles. The van der Waals surface area contributed by atoms with Crippen LogP contribution >= 0.6 is 50.9 Å². The van der Waals surface area contributed by atoms with E-state index in [-0.39, 0.29) is 29.4 Å². The highest BCUT2D eigenvalue weighted by atomic mass is 79.9. The second-order valence-electron chi connectivity index (χ2n) is 6.14. The number of hydrogen-bond donors (Lipinski definition) is 1. The largest absolute Gasteiger partial charge is 0.493 e. The Balaban J connectivity index is 1.47. The van der Waals surface area contributed by atoms with Gasteiger partial charge in [0.2, 0.25) is 0 Å². The molecule has 33 heavy (non-hydrogen) atoms. The first-order chi connectivity index (χ1) is 15.9. The monoisotopic (exact) mass is 574 g/mol. The third-order valence-electron chi connectivity index (χ3n) is 3.92. The summed E-state index contributed by atoms with van der Waals surface area (Å²) in [6, 6.07) is 8.34. The zero-order chi connectivity index (χ0) is 23.8. The molecule has 1 aromatic heterocycles. The molecule has 1 N–H and O–H groups in total. The average molecular weight is 576 g/mol. The van der Waals surface area contributed by atoms with Crippen molar-refractivity contribution in [1.29, 1.82) is 0 Å². The maximum absolute atomic E-state index is 12.1. The molecule has 0 unspecified atom stereocenters. The van der Waals surface area contributed by atoms with Crippen LogP contribution in [0.2, 0.25) is 10.0 Å². The summed E-state index contributed by atoms with van der Waals surface area (Å²) in [5.74, 6) is 1.46. The third-order valence-corrected chi connectivity index (χ3v) is 5.95. The number of benzene rings is 2. The van der Waals surface area contributed by atoms with Crippen molar-refractivity contribution in [3.8, 4) is 17.2 Å². The Hall–Kier alpha value is -2.47. The van der Waals surface area contributed by atoms with Crippen molar-refractivity contribution in [2.24, 2.45) is 5.10 Å². The molecule has 3 rings (SSSR count). The summed E-state index contributed by atoms with van der Waals surface area (Å²) >= 11 is 16.4. The summed E-state index contributed by atoms with van der Waals surface area (Å²) < 4.78 is 22.2. The van der Waals surface area contributed by atoms with E-state index in [2.05, 4.69) is 36.7 Å². The van der Waals surface area contributed by atoms with E-state index in [0.29, 0.717) is 32.9 Å². The highest BCUT2D eigenvalue weighted by Gasteiger charge is 2.12. The molecule has 0 bridgehead atoms. The molecule has 0 aliphatic rings. The van der Waals surface area contributed by atoms with E-state index >= 15 is 0 Å². The normalized spacial score (nSPS) is 10.9. The van der Waals surface area contributed by atoms with Crippen LogP contribution in [-0.2, 0) is 11.4 Å². The van der Waals surface area contributed by atoms with Crippen molar-refractivity contribution in [3.05, 3.63) is 56.3 Å². The van der Waals surface area contributed by atoms with Crippen molar-refractivity contribution in [1.82, 2.24) is 15.6 Å². The van der Waals surface area contributed by atoms with Crippen LogP contribution in [0.4, 0.5) is 0 Å². The van der Waals surface area contributed by atoms with Gasteiger partial charge in [-0.2, -0.15) is 5.10 Å². The summed E-state index contributed by atoms with van der Waals surface area (Å²) in [4.78, 5) is 12.1. The lowest BCUT2D eigenvalue weighted by molar-refractivity contribution is -0.118. The number of nitrogens with zero attached hydrogens (tertiary/aromatic N) is 3. The summed E-state index contributed by atoms with van der Waals surface area (Å²) in [5, 5.41) is 12.8. The highest BCUT2D eigenvalue weighted by molar-refractivity contribution is 9.10. The molecule has 0 aliphatic carbocycles. The first-order valence-electron chi connectivity index (χ1n) is 9.16. The van der Waals surface area contributed by atoms with Gasteiger partial charge in [-0.1, -0.05) is 35.0 Å². The molecular weight excluding hydrogens is 559 g/mol. The van der Waals surface area contributed by atoms with Crippen molar-refractivity contribution in [2.45, 2.75) is 11.8 Å². The Kier molecular flexibility index (Phi) is 9.24. The van der Waals surface area contributed by atoms with Gasteiger partial charge in [-0.15, -0.1) is 10.2 Å². The van der Waals surface area contributed by atoms with Crippen molar-refractivity contribution in [2.75, 3.05) is 20.0 Å². The molecule has 0 aliphatic heterocycles. The molecule has 0 atom stereocenters. The van der Waals surface area contributed by atoms with Gasteiger partial charge in [-0.3, -0.25) is 4.79 Å². The van der Waals surface area contributed by atoms with E-state index in [9.17, 15) is 4.79 Å². The number of rotatable bonds is 10. The van der Waals surface area contributed by atoms with Crippen molar-refractivity contribution in [3.63, 3.8) is 0 Å². The maximum Gasteiger partial charge on any atom is 0.277 e. The van der Waals surface area contributed by atoms with Crippen LogP contribution in [0, 0.1) is 0 Å². The van der Waals surface area contributed by atoms with Gasteiger partial charge in [0.1, 0.15) is 5.75 Å². The van der Waals surface area contributed by atoms with Gasteiger partial charge >= 0.3 is 0 Å². The van der Waals surface area contributed by atoms with Crippen LogP contribution in [-0.4, -0.2) is 42.3 Å². The second kappa shape index (κ2) is 12.1. The molecule has 0 spiro atoms. The van der Waals surface area contributed by atoms with Crippen LogP contribution < -0.4 is 19.6 Å². The minimum Gasteiger partial charge on any atom is -0.493 e. The average Bonchev–Trinajstić information content (AvgIpc) is 3.25. The fraction of sp³-hybridized carbons (Fsp3) is 0.200. The first kappa shape index (κ1) is 25.2. The lowest BCUT2D eigenvalue weighted by Gasteiger charge is -2.09. The van der Waals surface area contributed by atoms with Crippen LogP contribution in [0.25, 0.3) is 0 Å². The molecule has 1 amide bonds. The van der Waals surface area contributed by atoms with E-state index in [0.717, 1.165) is 16.2 Å². The number of carbonyl (C=O) groups excluding carboxylic acids is 1. The Morgan fingerprint density at radius 3 is 2.67 bits per heavy atom. The lowest BCUT2D eigenvalue weighted by atomic mass is 10.2. The highest BCUT2D eigenvalue weighted by Crippen LogP contribution is 2.32. The van der Waals surface area contributed by atoms with E-state index < -0.39 is 0 Å². The number of amides is 1. The van der Waals surface area contributed by atoms with Gasteiger partial charge < -0.3 is 18.6 Å². The van der Waals surface area contributed by atoms with Gasteiger partial charge in [0.15, 0.2) is 18.1 Å². The van der Waals surface area contributed by atoms with Crippen LogP contribution in [0.15, 0.2) is 49.5 Å². The minimum atomic E-state index is -0.350. The number of ether oxygens (including phenoxy) is 3. The van der Waals surface area contributed by atoms with E-state index in [1.807, 2.05) is 0 Å². The van der Waals surface area contributed by atoms with E-state index in [4.69, 9.17) is 41.8 Å². The Bertz CT molecular complexity index is 1160. The van der Waals surface area contributed by atoms with Crippen LogP contribution in [0.5, 0.6) is 17.2 Å². The molecular formula is C20H17BrCl2N4O5S. The topological polar surface area (TPSA) is 108 Å². The molecule has 0 fully saturated rings. The number of thioether (sulfide) groups is 1. The fourth-order valence-corrected chi connectivity index (χ4v) is 3.85. The number of hydrazone groups is 1. The molecule has 0 saturated heterocycles. The number of hydrogen-bond acceptors (Lipinski definition) is 9. The lowest BCUT2D eigenvalue weighted by Crippen LogP contribution is -2.19. The number of halogens is 3. The van der Waals surface area contributed by atoms with Gasteiger partial charge in [0.05, 0.1) is 31.2 Å². The molecule has 1 heterocycles. The Labute approximate surface area is 211 Å². The quantitative estimate of drug-likeness (QED) is 0.205. The maximum atomic E-state index is 12.1. The molecule has 3 aromatic rings. The Morgan fingerprint density at radius 1 is 1.18 bits per heavy atom. The Morgan fingerprint density at radius 2 is 1.94 bits per heavy atom. The smallest absolute Gasteiger partial charge is 0.277 e. The predicted octanol–water partition coefficient (Wildman–Crippen LogP) is 4.98. The van der Waals surface area contributed by atoms with Gasteiger partial charge in [-0.05, 0) is 46.3 Å². The third kappa shape index (κ3) is 7.26. The number of aromatic nitrogens is 2. The van der Waals surface area contributed by atoms with Crippen LogP contribution in [0.1, 0.15) is 11.5 Å². The second-order valence-corrected chi connectivity index (χ2v) is 8.76. The molecule has 13 heteroatoms. The number of carbonyl (C=O) groups is 1. The SMILES string of the molecule is COc1cc(Br)c(/C=N\NC(=O)CSc2nnc(COc3ccc(Cl)cc3Cl)o2)cc1OC. The molecule has 2 aromatic carbocycles. The number of nitrogens with one attached hydrogen (secondary N) is 1. The van der Waals surface area contributed by atoms with Crippen molar-refractivity contribution >= 4 is 63.0 Å². The van der Waals surface area contributed by atoms with Crippen LogP contribution in [0.3, 0.4) is 0 Å². The first-order valence-corrected chi connectivity index (χ1v) is 11.7. The minimum absolute atomic E-state index is 0.0194. The van der Waals surface area contributed by atoms with Gasteiger partial charge in [0, 0.05) is 15.1 Å². The zero-order valence-corrected chi connectivity index (χ0v) is 21.2. The fourth-order valence-electron chi connectivity index (χ4n) is 2.39. The zero-order valence-electron chi connectivity index (χ0n) is 17.3. The van der Waals surface area contributed by atoms with Gasteiger partial charge in [0.25, 0.3) is 17.0 Å². The van der Waals surface area contributed by atoms with Crippen molar-refractivity contribution < 1.29 is 23.4 Å². The standard InChI is InChI=1S/C20H17BrCl2N4O5S/c1-29-16-5-11(13(21)7-17(16)30-2)8-24-25-18(28)10-33-20-27-26-19(32-20)9-31-15-4-3-12(22)6-14(15)23/h3-8H,9-10H2,1-2H3,(H,25,28)/b24-8-. The summed E-state index contributed by atoms with van der Waals surface area (Å²) in [6.45, 7) is 0.0194. The molecule has 9 nitrogen and oxygen atoms in total. The summed E-state index contributed by atoms with van der Waals surface area (Å²) in [7, 11) is 3.08. The predicted molar refractivity (Wildman–Crippen MR) is 129 cm³/mol. The van der Waals surface area contributed by atoms with E-state index in [1.165, 1.54) is 13.3 Å². The molecule has 174 valence electrons.